The maximum atomic E-state index is 11.6. The lowest BCUT2D eigenvalue weighted by Gasteiger charge is -2.22. The third-order valence-corrected chi connectivity index (χ3v) is 2.36. The lowest BCUT2D eigenvalue weighted by atomic mass is 10.1. The highest BCUT2D eigenvalue weighted by molar-refractivity contribution is 5.97. The molecule has 0 spiro atoms. The number of nitriles is 1. The van der Waals surface area contributed by atoms with E-state index in [-0.39, 0.29) is 18.2 Å². The first-order valence-electron chi connectivity index (χ1n) is 5.66. The second-order valence-corrected chi connectivity index (χ2v) is 4.64. The zero-order chi connectivity index (χ0) is 13.5. The maximum absolute atomic E-state index is 11.6. The molecule has 0 saturated heterocycles. The van der Waals surface area contributed by atoms with Gasteiger partial charge >= 0.3 is 0 Å². The largest absolute Gasteiger partial charge is 0.394 e. The van der Waals surface area contributed by atoms with Crippen molar-refractivity contribution in [3.8, 4) is 6.07 Å². The molecule has 0 aliphatic heterocycles. The molecule has 5 heteroatoms. The monoisotopic (exact) mass is 239 g/mol. The van der Waals surface area contributed by atoms with E-state index in [4.69, 9.17) is 10.4 Å². The zero-order valence-corrected chi connectivity index (χ0v) is 10.9. The van der Waals surface area contributed by atoms with E-state index in [2.05, 4.69) is 10.6 Å². The summed E-state index contributed by atoms with van der Waals surface area (Å²) in [7, 11) is 0. The van der Waals surface area contributed by atoms with Gasteiger partial charge in [-0.2, -0.15) is 5.26 Å². The van der Waals surface area contributed by atoms with E-state index in [1.807, 2.05) is 19.9 Å². The molecule has 0 aromatic carbocycles. The number of nitrogens with zero attached hydrogens (tertiary/aromatic N) is 1. The molecule has 5 nitrogen and oxygen atoms in total. The van der Waals surface area contributed by atoms with Crippen LogP contribution in [0.3, 0.4) is 0 Å². The molecule has 0 rings (SSSR count). The molecular weight excluding hydrogens is 218 g/mol. The van der Waals surface area contributed by atoms with E-state index in [0.717, 1.165) is 6.42 Å². The molecule has 0 aliphatic carbocycles. The van der Waals surface area contributed by atoms with Crippen molar-refractivity contribution in [2.75, 3.05) is 6.61 Å². The number of aliphatic hydroxyl groups is 1. The van der Waals surface area contributed by atoms with Crippen LogP contribution in [-0.2, 0) is 4.79 Å². The Kier molecular flexibility index (Phi) is 6.29. The lowest BCUT2D eigenvalue weighted by Crippen LogP contribution is -2.40. The van der Waals surface area contributed by atoms with Crippen molar-refractivity contribution in [3.63, 3.8) is 0 Å². The zero-order valence-electron chi connectivity index (χ0n) is 10.9. The number of aliphatic hydroxyl groups excluding tert-OH is 1. The molecule has 1 amide bonds. The molecule has 96 valence electrons. The van der Waals surface area contributed by atoms with E-state index in [1.165, 1.54) is 6.20 Å². The second kappa shape index (κ2) is 6.92. The van der Waals surface area contributed by atoms with Crippen LogP contribution in [0.5, 0.6) is 0 Å². The summed E-state index contributed by atoms with van der Waals surface area (Å²) < 4.78 is 0. The molecule has 17 heavy (non-hydrogen) atoms. The number of rotatable bonds is 6. The van der Waals surface area contributed by atoms with Crippen LogP contribution in [0.4, 0.5) is 0 Å². The smallest absolute Gasteiger partial charge is 0.263 e. The Bertz CT molecular complexity index is 329. The van der Waals surface area contributed by atoms with Crippen molar-refractivity contribution in [3.05, 3.63) is 11.8 Å². The van der Waals surface area contributed by atoms with E-state index in [1.54, 1.807) is 13.8 Å². The van der Waals surface area contributed by atoms with E-state index < -0.39 is 11.4 Å². The molecule has 0 heterocycles. The van der Waals surface area contributed by atoms with Crippen molar-refractivity contribution in [2.45, 2.75) is 45.7 Å². The summed E-state index contributed by atoms with van der Waals surface area (Å²) in [6.45, 7) is 7.27. The van der Waals surface area contributed by atoms with Gasteiger partial charge < -0.3 is 15.7 Å². The Morgan fingerprint density at radius 2 is 2.18 bits per heavy atom. The van der Waals surface area contributed by atoms with Gasteiger partial charge in [-0.25, -0.2) is 0 Å². The molecule has 0 aromatic rings. The molecule has 0 saturated carbocycles. The number of carbonyl (C=O) groups excluding carboxylic acids is 1. The summed E-state index contributed by atoms with van der Waals surface area (Å²) >= 11 is 0. The van der Waals surface area contributed by atoms with Crippen LogP contribution in [0, 0.1) is 11.3 Å². The first-order chi connectivity index (χ1) is 7.86. The minimum Gasteiger partial charge on any atom is -0.394 e. The minimum absolute atomic E-state index is 0.00632. The van der Waals surface area contributed by atoms with Crippen LogP contribution < -0.4 is 10.6 Å². The third-order valence-electron chi connectivity index (χ3n) is 2.36. The Hall–Kier alpha value is -1.54. The Balaban J connectivity index is 4.58. The molecule has 0 aliphatic rings. The summed E-state index contributed by atoms with van der Waals surface area (Å²) in [5.74, 6) is -0.400. The highest BCUT2D eigenvalue weighted by Gasteiger charge is 2.16. The van der Waals surface area contributed by atoms with Crippen LogP contribution in [-0.4, -0.2) is 29.2 Å². The van der Waals surface area contributed by atoms with E-state index in [0.29, 0.717) is 0 Å². The summed E-state index contributed by atoms with van der Waals surface area (Å²) in [6.07, 6.45) is 2.15. The van der Waals surface area contributed by atoms with Crippen LogP contribution in [0.2, 0.25) is 0 Å². The van der Waals surface area contributed by atoms with Crippen LogP contribution in [0.15, 0.2) is 11.8 Å². The number of carbonyl (C=O) groups is 1. The Morgan fingerprint density at radius 1 is 1.59 bits per heavy atom. The first-order valence-corrected chi connectivity index (χ1v) is 5.66. The van der Waals surface area contributed by atoms with Gasteiger partial charge in [-0.1, -0.05) is 6.92 Å². The van der Waals surface area contributed by atoms with Gasteiger partial charge in [0.2, 0.25) is 0 Å². The number of hydrogen-bond acceptors (Lipinski definition) is 4. The average Bonchev–Trinajstić information content (AvgIpc) is 2.29. The fourth-order valence-corrected chi connectivity index (χ4v) is 0.865. The van der Waals surface area contributed by atoms with E-state index in [9.17, 15) is 4.79 Å². The molecular formula is C12H21N3O2. The van der Waals surface area contributed by atoms with Crippen molar-refractivity contribution >= 4 is 5.91 Å². The molecule has 0 radical (unpaired) electrons. The number of nitrogens with one attached hydrogen (secondary N) is 2. The summed E-state index contributed by atoms with van der Waals surface area (Å²) in [5, 5.41) is 23.4. The van der Waals surface area contributed by atoms with Gasteiger partial charge in [-0.15, -0.1) is 0 Å². The van der Waals surface area contributed by atoms with Crippen molar-refractivity contribution < 1.29 is 9.90 Å². The summed E-state index contributed by atoms with van der Waals surface area (Å²) in [5.41, 5.74) is -0.550. The fourth-order valence-electron chi connectivity index (χ4n) is 0.865. The fraction of sp³-hybridized carbons (Fsp3) is 0.667. The maximum Gasteiger partial charge on any atom is 0.263 e. The predicted molar refractivity (Wildman–Crippen MR) is 65.9 cm³/mol. The Labute approximate surface area is 103 Å². The summed E-state index contributed by atoms with van der Waals surface area (Å²) in [6, 6.07) is 1.87. The highest BCUT2D eigenvalue weighted by Crippen LogP contribution is 2.02. The quantitative estimate of drug-likeness (QED) is 0.470. The normalized spacial score (nSPS) is 13.8. The number of amides is 1. The topological polar surface area (TPSA) is 85.2 Å². The van der Waals surface area contributed by atoms with Crippen molar-refractivity contribution in [2.24, 2.45) is 0 Å². The van der Waals surface area contributed by atoms with Crippen LogP contribution in [0.25, 0.3) is 0 Å². The Morgan fingerprint density at radius 3 is 2.59 bits per heavy atom. The van der Waals surface area contributed by atoms with Gasteiger partial charge in [0.15, 0.2) is 0 Å². The lowest BCUT2D eigenvalue weighted by molar-refractivity contribution is -0.117. The summed E-state index contributed by atoms with van der Waals surface area (Å²) in [4.78, 5) is 11.6. The van der Waals surface area contributed by atoms with E-state index >= 15 is 0 Å². The first kappa shape index (κ1) is 15.5. The predicted octanol–water partition coefficient (Wildman–Crippen LogP) is 0.669. The van der Waals surface area contributed by atoms with Crippen LogP contribution >= 0.6 is 0 Å². The van der Waals surface area contributed by atoms with Gasteiger partial charge in [0.25, 0.3) is 5.91 Å². The van der Waals surface area contributed by atoms with Gasteiger partial charge in [0.1, 0.15) is 11.6 Å². The standard InChI is InChI=1S/C12H21N3O2/c1-5-9(2)15-11(17)10(6-13)7-14-12(3,4)8-16/h7,9,14,16H,5,8H2,1-4H3,(H,15,17)/b10-7-. The molecule has 1 unspecified atom stereocenters. The minimum atomic E-state index is -0.557. The van der Waals surface area contributed by atoms with Gasteiger partial charge in [0, 0.05) is 12.2 Å². The molecule has 0 fully saturated rings. The second-order valence-electron chi connectivity index (χ2n) is 4.64. The van der Waals surface area contributed by atoms with Gasteiger partial charge in [-0.05, 0) is 27.2 Å². The molecule has 1 atom stereocenters. The van der Waals surface area contributed by atoms with Crippen molar-refractivity contribution in [1.82, 2.24) is 10.6 Å². The van der Waals surface area contributed by atoms with Crippen LogP contribution in [0.1, 0.15) is 34.1 Å². The average molecular weight is 239 g/mol. The van der Waals surface area contributed by atoms with Gasteiger partial charge in [-0.3, -0.25) is 4.79 Å². The SMILES string of the molecule is CCC(C)NC(=O)/C(C#N)=C\NC(C)(C)CO. The van der Waals surface area contributed by atoms with Gasteiger partial charge in [0.05, 0.1) is 12.1 Å². The third kappa shape index (κ3) is 5.93. The highest BCUT2D eigenvalue weighted by atomic mass is 16.3. The molecule has 0 bridgehead atoms. The molecule has 0 aromatic heterocycles. The number of hydrogen-bond donors (Lipinski definition) is 3. The molecule has 3 N–H and O–H groups in total. The van der Waals surface area contributed by atoms with Crippen molar-refractivity contribution in [1.29, 1.82) is 5.26 Å².